The van der Waals surface area contributed by atoms with Gasteiger partial charge >= 0.3 is 0 Å². The van der Waals surface area contributed by atoms with Crippen molar-refractivity contribution in [1.82, 2.24) is 10.2 Å². The van der Waals surface area contributed by atoms with E-state index in [1.54, 1.807) is 6.20 Å². The van der Waals surface area contributed by atoms with Gasteiger partial charge in [-0.2, -0.15) is 5.26 Å². The van der Waals surface area contributed by atoms with Crippen LogP contribution >= 0.6 is 0 Å². The van der Waals surface area contributed by atoms with Crippen LogP contribution in [0.15, 0.2) is 11.8 Å². The smallest absolute Gasteiger partial charge is 0.263 e. The molecule has 1 N–H and O–H groups in total. The Morgan fingerprint density at radius 1 is 1.42 bits per heavy atom. The lowest BCUT2D eigenvalue weighted by Crippen LogP contribution is -2.27. The van der Waals surface area contributed by atoms with Crippen molar-refractivity contribution in [3.63, 3.8) is 0 Å². The van der Waals surface area contributed by atoms with E-state index in [4.69, 9.17) is 10.00 Å². The third kappa shape index (κ3) is 9.09. The molecule has 0 aliphatic rings. The van der Waals surface area contributed by atoms with Crippen LogP contribution in [0.2, 0.25) is 0 Å². The first-order valence-corrected chi connectivity index (χ1v) is 6.83. The van der Waals surface area contributed by atoms with Crippen LogP contribution in [0.5, 0.6) is 0 Å². The predicted octanol–water partition coefficient (Wildman–Crippen LogP) is 1.67. The zero-order valence-corrected chi connectivity index (χ0v) is 12.2. The predicted molar refractivity (Wildman–Crippen MR) is 75.4 cm³/mol. The maximum Gasteiger partial charge on any atom is 0.263 e. The molecule has 0 aliphatic carbocycles. The number of amides is 1. The Hall–Kier alpha value is -1.54. The summed E-state index contributed by atoms with van der Waals surface area (Å²) in [5.41, 5.74) is 0.148. The highest BCUT2D eigenvalue weighted by molar-refractivity contribution is 5.97. The van der Waals surface area contributed by atoms with E-state index in [0.29, 0.717) is 19.8 Å². The molecule has 0 aromatic rings. The summed E-state index contributed by atoms with van der Waals surface area (Å²) in [6.07, 6.45) is 4.49. The highest BCUT2D eigenvalue weighted by Gasteiger charge is 2.08. The average Bonchev–Trinajstić information content (AvgIpc) is 2.41. The minimum Gasteiger partial charge on any atom is -0.382 e. The Morgan fingerprint density at radius 2 is 2.16 bits per heavy atom. The van der Waals surface area contributed by atoms with Gasteiger partial charge in [0.15, 0.2) is 0 Å². The van der Waals surface area contributed by atoms with E-state index < -0.39 is 0 Å². The number of nitriles is 1. The van der Waals surface area contributed by atoms with Crippen LogP contribution in [0.3, 0.4) is 0 Å². The molecule has 5 nitrogen and oxygen atoms in total. The summed E-state index contributed by atoms with van der Waals surface area (Å²) in [7, 11) is 1.87. The maximum atomic E-state index is 11.7. The van der Waals surface area contributed by atoms with Gasteiger partial charge in [0.05, 0.1) is 0 Å². The van der Waals surface area contributed by atoms with Crippen molar-refractivity contribution in [3.8, 4) is 6.07 Å². The summed E-state index contributed by atoms with van der Waals surface area (Å²) in [4.78, 5) is 13.6. The molecule has 0 rings (SSSR count). The standard InChI is InChI=1S/C14H25N3O2/c1-4-6-9-17(3)12-13(11-15)14(18)16-8-7-10-19-5-2/h12H,4-10H2,1-3H3,(H,16,18)/b13-12-. The molecule has 0 aromatic heterocycles. The second kappa shape index (κ2) is 11.5. The Bertz CT molecular complexity index is 321. The van der Waals surface area contributed by atoms with Gasteiger partial charge in [0.1, 0.15) is 11.6 Å². The summed E-state index contributed by atoms with van der Waals surface area (Å²) >= 11 is 0. The second-order valence-corrected chi connectivity index (χ2v) is 4.30. The summed E-state index contributed by atoms with van der Waals surface area (Å²) < 4.78 is 5.17. The molecule has 5 heteroatoms. The van der Waals surface area contributed by atoms with Crippen LogP contribution in [-0.4, -0.2) is 44.2 Å². The first-order chi connectivity index (χ1) is 9.15. The molecular weight excluding hydrogens is 242 g/mol. The van der Waals surface area contributed by atoms with E-state index in [9.17, 15) is 4.79 Å². The van der Waals surface area contributed by atoms with Crippen LogP contribution in [0.4, 0.5) is 0 Å². The van der Waals surface area contributed by atoms with Crippen LogP contribution < -0.4 is 5.32 Å². The molecule has 0 atom stereocenters. The van der Waals surface area contributed by atoms with E-state index in [1.807, 2.05) is 24.9 Å². The zero-order chi connectivity index (χ0) is 14.5. The number of nitrogens with zero attached hydrogens (tertiary/aromatic N) is 2. The molecule has 0 fully saturated rings. The number of rotatable bonds is 10. The molecule has 0 saturated carbocycles. The average molecular weight is 267 g/mol. The first kappa shape index (κ1) is 17.5. The van der Waals surface area contributed by atoms with Crippen LogP contribution in [0.1, 0.15) is 33.1 Å². The third-order valence-electron chi connectivity index (χ3n) is 2.53. The number of hydrogen-bond acceptors (Lipinski definition) is 4. The summed E-state index contributed by atoms with van der Waals surface area (Å²) in [5, 5.41) is 11.7. The molecule has 0 aromatic carbocycles. The molecule has 0 spiro atoms. The molecule has 0 radical (unpaired) electrons. The van der Waals surface area contributed by atoms with Crippen molar-refractivity contribution in [3.05, 3.63) is 11.8 Å². The molecule has 0 heterocycles. The topological polar surface area (TPSA) is 65.4 Å². The minimum absolute atomic E-state index is 0.148. The van der Waals surface area contributed by atoms with Crippen LogP contribution in [0, 0.1) is 11.3 Å². The highest BCUT2D eigenvalue weighted by atomic mass is 16.5. The SMILES string of the molecule is CCCCN(C)/C=C(/C#N)C(=O)NCCCOCC. The molecule has 1 amide bonds. The lowest BCUT2D eigenvalue weighted by atomic mass is 10.2. The molecule has 19 heavy (non-hydrogen) atoms. The summed E-state index contributed by atoms with van der Waals surface area (Å²) in [6, 6.07) is 1.94. The van der Waals surface area contributed by atoms with Crippen molar-refractivity contribution in [1.29, 1.82) is 5.26 Å². The largest absolute Gasteiger partial charge is 0.382 e. The molecule has 0 bridgehead atoms. The summed E-state index contributed by atoms with van der Waals surface area (Å²) in [6.45, 7) is 6.71. The molecule has 0 unspecified atom stereocenters. The normalized spacial score (nSPS) is 10.9. The number of carbonyl (C=O) groups excluding carboxylic acids is 1. The monoisotopic (exact) mass is 267 g/mol. The lowest BCUT2D eigenvalue weighted by molar-refractivity contribution is -0.117. The Morgan fingerprint density at radius 3 is 2.74 bits per heavy atom. The van der Waals surface area contributed by atoms with Gasteiger partial charge in [-0.15, -0.1) is 0 Å². The quantitative estimate of drug-likeness (QED) is 0.371. The van der Waals surface area contributed by atoms with Crippen LogP contribution in [0.25, 0.3) is 0 Å². The van der Waals surface area contributed by atoms with E-state index in [-0.39, 0.29) is 11.5 Å². The van der Waals surface area contributed by atoms with E-state index >= 15 is 0 Å². The molecule has 108 valence electrons. The van der Waals surface area contributed by atoms with Gasteiger partial charge in [-0.1, -0.05) is 13.3 Å². The van der Waals surface area contributed by atoms with Gasteiger partial charge in [-0.05, 0) is 19.8 Å². The molecule has 0 saturated heterocycles. The van der Waals surface area contributed by atoms with Gasteiger partial charge in [-0.25, -0.2) is 0 Å². The van der Waals surface area contributed by atoms with Gasteiger partial charge in [0.2, 0.25) is 0 Å². The number of nitrogens with one attached hydrogen (secondary N) is 1. The fourth-order valence-electron chi connectivity index (χ4n) is 1.45. The van der Waals surface area contributed by atoms with Gasteiger partial charge < -0.3 is 15.0 Å². The number of ether oxygens (including phenoxy) is 1. The van der Waals surface area contributed by atoms with E-state index in [0.717, 1.165) is 25.8 Å². The Kier molecular flexibility index (Phi) is 10.6. The number of hydrogen-bond donors (Lipinski definition) is 1. The van der Waals surface area contributed by atoms with Gasteiger partial charge in [-0.3, -0.25) is 4.79 Å². The van der Waals surface area contributed by atoms with Gasteiger partial charge in [0.25, 0.3) is 5.91 Å². The lowest BCUT2D eigenvalue weighted by Gasteiger charge is -2.13. The molecule has 0 aliphatic heterocycles. The maximum absolute atomic E-state index is 11.7. The second-order valence-electron chi connectivity index (χ2n) is 4.30. The molecular formula is C14H25N3O2. The van der Waals surface area contributed by atoms with Crippen molar-refractivity contribution in [2.75, 3.05) is 33.4 Å². The van der Waals surface area contributed by atoms with Gasteiger partial charge in [0, 0.05) is 39.6 Å². The van der Waals surface area contributed by atoms with Crippen molar-refractivity contribution >= 4 is 5.91 Å². The minimum atomic E-state index is -0.317. The summed E-state index contributed by atoms with van der Waals surface area (Å²) in [5.74, 6) is -0.317. The Balaban J connectivity index is 4.10. The van der Waals surface area contributed by atoms with Crippen molar-refractivity contribution in [2.24, 2.45) is 0 Å². The Labute approximate surface area is 116 Å². The van der Waals surface area contributed by atoms with E-state index in [2.05, 4.69) is 12.2 Å². The third-order valence-corrected chi connectivity index (χ3v) is 2.53. The first-order valence-electron chi connectivity index (χ1n) is 6.83. The highest BCUT2D eigenvalue weighted by Crippen LogP contribution is 1.98. The van der Waals surface area contributed by atoms with Crippen molar-refractivity contribution < 1.29 is 9.53 Å². The fraction of sp³-hybridized carbons (Fsp3) is 0.714. The number of unbranched alkanes of at least 4 members (excludes halogenated alkanes) is 1. The van der Waals surface area contributed by atoms with Crippen LogP contribution in [-0.2, 0) is 9.53 Å². The van der Waals surface area contributed by atoms with E-state index in [1.165, 1.54) is 0 Å². The fourth-order valence-corrected chi connectivity index (χ4v) is 1.45. The number of carbonyl (C=O) groups is 1. The van der Waals surface area contributed by atoms with Crippen molar-refractivity contribution in [2.45, 2.75) is 33.1 Å². The zero-order valence-electron chi connectivity index (χ0n) is 12.2.